The van der Waals surface area contributed by atoms with Crippen LogP contribution in [0.4, 0.5) is 9.18 Å². The summed E-state index contributed by atoms with van der Waals surface area (Å²) in [4.78, 5) is 41.3. The van der Waals surface area contributed by atoms with Gasteiger partial charge in [0.05, 0.1) is 19.1 Å². The smallest absolute Gasteiger partial charge is 0.325 e. The van der Waals surface area contributed by atoms with Crippen molar-refractivity contribution < 1.29 is 36.7 Å². The number of benzene rings is 2. The number of nitrogens with zero attached hydrogens (tertiary/aromatic N) is 3. The van der Waals surface area contributed by atoms with Gasteiger partial charge in [-0.3, -0.25) is 14.5 Å². The molecule has 2 aliphatic rings. The summed E-state index contributed by atoms with van der Waals surface area (Å²) < 4.78 is 51.3. The van der Waals surface area contributed by atoms with Gasteiger partial charge in [0.1, 0.15) is 17.9 Å². The molecular formula is C25H29FN4O7S. The molecule has 1 atom stereocenters. The monoisotopic (exact) mass is 548 g/mol. The Morgan fingerprint density at radius 1 is 1.00 bits per heavy atom. The van der Waals surface area contributed by atoms with E-state index in [0.717, 1.165) is 4.90 Å². The van der Waals surface area contributed by atoms with E-state index < -0.39 is 45.8 Å². The third-order valence-electron chi connectivity index (χ3n) is 6.92. The Hall–Kier alpha value is -3.71. The van der Waals surface area contributed by atoms with Gasteiger partial charge in [0.15, 0.2) is 11.5 Å². The number of piperazine rings is 1. The molecule has 2 saturated heterocycles. The van der Waals surface area contributed by atoms with Crippen molar-refractivity contribution in [2.24, 2.45) is 0 Å². The van der Waals surface area contributed by atoms with E-state index in [-0.39, 0.29) is 43.2 Å². The summed E-state index contributed by atoms with van der Waals surface area (Å²) in [6.07, 6.45) is 0.209. The molecule has 0 spiro atoms. The average Bonchev–Trinajstić information content (AvgIpc) is 3.18. The number of ether oxygens (including phenoxy) is 2. The first-order valence-corrected chi connectivity index (χ1v) is 13.4. The van der Waals surface area contributed by atoms with Crippen molar-refractivity contribution in [3.63, 3.8) is 0 Å². The molecular weight excluding hydrogens is 519 g/mol. The predicted molar refractivity (Wildman–Crippen MR) is 133 cm³/mol. The lowest BCUT2D eigenvalue weighted by Gasteiger charge is -2.34. The highest BCUT2D eigenvalue weighted by Crippen LogP contribution is 2.33. The van der Waals surface area contributed by atoms with Crippen LogP contribution in [-0.4, -0.2) is 87.3 Å². The summed E-state index contributed by atoms with van der Waals surface area (Å²) in [5.41, 5.74) is -0.972. The molecule has 0 aromatic heterocycles. The van der Waals surface area contributed by atoms with Crippen LogP contribution in [0.2, 0.25) is 0 Å². The molecule has 4 amide bonds. The molecule has 4 rings (SSSR count). The molecule has 0 bridgehead atoms. The Labute approximate surface area is 220 Å². The Kier molecular flexibility index (Phi) is 7.61. The lowest BCUT2D eigenvalue weighted by Crippen LogP contribution is -2.53. The number of hydrogen-bond donors (Lipinski definition) is 1. The van der Waals surface area contributed by atoms with Gasteiger partial charge in [0, 0.05) is 32.2 Å². The first-order chi connectivity index (χ1) is 18.1. The van der Waals surface area contributed by atoms with Crippen LogP contribution in [0.1, 0.15) is 18.9 Å². The molecule has 2 fully saturated rings. The zero-order chi connectivity index (χ0) is 27.7. The minimum atomic E-state index is -3.86. The average molecular weight is 549 g/mol. The first-order valence-electron chi connectivity index (χ1n) is 12.0. The van der Waals surface area contributed by atoms with E-state index in [1.54, 1.807) is 6.92 Å². The standard InChI is InChI=1S/C25H29FN4O7S/c1-4-25(17-5-7-18(26)8-6-17)23(32)30(24(33)27-25)16-22(31)28-11-13-29(14-12-28)38(34,35)19-9-10-20(36-2)21(15-19)37-3/h5-10,15H,4,11-14,16H2,1-3H3,(H,27,33)/t25-/m0/s1. The van der Waals surface area contributed by atoms with Gasteiger partial charge in [0.2, 0.25) is 15.9 Å². The molecule has 2 aromatic carbocycles. The molecule has 0 radical (unpaired) electrons. The molecule has 2 aliphatic heterocycles. The Balaban J connectivity index is 1.42. The Morgan fingerprint density at radius 3 is 2.21 bits per heavy atom. The molecule has 0 aliphatic carbocycles. The summed E-state index contributed by atoms with van der Waals surface area (Å²) in [6, 6.07) is 8.86. The lowest BCUT2D eigenvalue weighted by atomic mass is 9.87. The number of urea groups is 1. The maximum atomic E-state index is 13.4. The quantitative estimate of drug-likeness (QED) is 0.496. The van der Waals surface area contributed by atoms with Crippen molar-refractivity contribution in [1.82, 2.24) is 19.4 Å². The SMILES string of the molecule is CC[C@@]1(c2ccc(F)cc2)NC(=O)N(CC(=O)N2CCN(S(=O)(=O)c3ccc(OC)c(OC)c3)CC2)C1=O. The number of halogens is 1. The van der Waals surface area contributed by atoms with Crippen LogP contribution >= 0.6 is 0 Å². The zero-order valence-corrected chi connectivity index (χ0v) is 22.1. The topological polar surface area (TPSA) is 126 Å². The van der Waals surface area contributed by atoms with Gasteiger partial charge in [-0.2, -0.15) is 4.31 Å². The van der Waals surface area contributed by atoms with Crippen molar-refractivity contribution >= 4 is 27.9 Å². The molecule has 1 N–H and O–H groups in total. The fourth-order valence-corrected chi connectivity index (χ4v) is 6.12. The number of carbonyl (C=O) groups excluding carboxylic acids is 3. The van der Waals surface area contributed by atoms with Crippen molar-refractivity contribution in [3.8, 4) is 11.5 Å². The fraction of sp³-hybridized carbons (Fsp3) is 0.400. The van der Waals surface area contributed by atoms with E-state index in [4.69, 9.17) is 9.47 Å². The third kappa shape index (κ3) is 4.78. The van der Waals surface area contributed by atoms with Gasteiger partial charge in [-0.1, -0.05) is 19.1 Å². The number of sulfonamides is 1. The number of methoxy groups -OCH3 is 2. The second-order valence-electron chi connectivity index (χ2n) is 8.89. The maximum Gasteiger partial charge on any atom is 0.325 e. The van der Waals surface area contributed by atoms with Crippen LogP contribution < -0.4 is 14.8 Å². The maximum absolute atomic E-state index is 13.4. The third-order valence-corrected chi connectivity index (χ3v) is 8.82. The number of hydrogen-bond acceptors (Lipinski definition) is 7. The number of amides is 4. The van der Waals surface area contributed by atoms with E-state index in [1.807, 2.05) is 0 Å². The van der Waals surface area contributed by atoms with Crippen LogP contribution in [-0.2, 0) is 25.2 Å². The largest absolute Gasteiger partial charge is 0.493 e. The number of imide groups is 1. The van der Waals surface area contributed by atoms with E-state index in [2.05, 4.69) is 5.32 Å². The minimum Gasteiger partial charge on any atom is -0.493 e. The van der Waals surface area contributed by atoms with Gasteiger partial charge >= 0.3 is 6.03 Å². The van der Waals surface area contributed by atoms with Crippen LogP contribution in [0.3, 0.4) is 0 Å². The van der Waals surface area contributed by atoms with Gasteiger partial charge in [0.25, 0.3) is 5.91 Å². The van der Waals surface area contributed by atoms with E-state index in [9.17, 15) is 27.2 Å². The van der Waals surface area contributed by atoms with Crippen molar-refractivity contribution in [2.45, 2.75) is 23.8 Å². The summed E-state index contributed by atoms with van der Waals surface area (Å²) >= 11 is 0. The highest BCUT2D eigenvalue weighted by molar-refractivity contribution is 7.89. The van der Waals surface area contributed by atoms with Crippen molar-refractivity contribution in [3.05, 3.63) is 53.8 Å². The zero-order valence-electron chi connectivity index (χ0n) is 21.3. The van der Waals surface area contributed by atoms with Crippen molar-refractivity contribution in [2.75, 3.05) is 46.9 Å². The molecule has 2 heterocycles. The van der Waals surface area contributed by atoms with E-state index in [0.29, 0.717) is 11.3 Å². The summed E-state index contributed by atoms with van der Waals surface area (Å²) in [5.74, 6) is -0.882. The molecule has 0 unspecified atom stereocenters. The summed E-state index contributed by atoms with van der Waals surface area (Å²) in [7, 11) is -0.995. The van der Waals surface area contributed by atoms with Crippen LogP contribution in [0.25, 0.3) is 0 Å². The highest BCUT2D eigenvalue weighted by atomic mass is 32.2. The first kappa shape index (κ1) is 27.3. The molecule has 0 saturated carbocycles. The molecule has 13 heteroatoms. The second-order valence-corrected chi connectivity index (χ2v) is 10.8. The van der Waals surface area contributed by atoms with Gasteiger partial charge in [-0.15, -0.1) is 0 Å². The van der Waals surface area contributed by atoms with Gasteiger partial charge in [-0.25, -0.2) is 17.6 Å². The normalized spacial score (nSPS) is 20.4. The van der Waals surface area contributed by atoms with E-state index >= 15 is 0 Å². The number of rotatable bonds is 8. The lowest BCUT2D eigenvalue weighted by molar-refractivity contribution is -0.139. The number of nitrogens with one attached hydrogen (secondary N) is 1. The minimum absolute atomic E-state index is 0.0333. The highest BCUT2D eigenvalue weighted by Gasteiger charge is 2.52. The fourth-order valence-electron chi connectivity index (χ4n) is 4.68. The van der Waals surface area contributed by atoms with Gasteiger partial charge in [-0.05, 0) is 36.2 Å². The van der Waals surface area contributed by atoms with Crippen LogP contribution in [0.5, 0.6) is 11.5 Å². The molecule has 204 valence electrons. The summed E-state index contributed by atoms with van der Waals surface area (Å²) in [5, 5.41) is 2.66. The predicted octanol–water partition coefficient (Wildman–Crippen LogP) is 1.53. The van der Waals surface area contributed by atoms with E-state index in [1.165, 1.54) is 65.9 Å². The Bertz CT molecular complexity index is 1340. The van der Waals surface area contributed by atoms with Crippen LogP contribution in [0.15, 0.2) is 47.4 Å². The Morgan fingerprint density at radius 2 is 1.63 bits per heavy atom. The number of carbonyl (C=O) groups is 3. The molecule has 11 nitrogen and oxygen atoms in total. The molecule has 2 aromatic rings. The van der Waals surface area contributed by atoms with Crippen molar-refractivity contribution in [1.29, 1.82) is 0 Å². The summed E-state index contributed by atoms with van der Waals surface area (Å²) in [6.45, 7) is 1.48. The van der Waals surface area contributed by atoms with Crippen LogP contribution in [0, 0.1) is 5.82 Å². The van der Waals surface area contributed by atoms with Gasteiger partial charge < -0.3 is 19.7 Å². The molecule has 38 heavy (non-hydrogen) atoms. The second kappa shape index (κ2) is 10.6.